The Balaban J connectivity index is 4.83. The van der Waals surface area contributed by atoms with Gasteiger partial charge in [-0.05, 0) is 13.3 Å². The molecule has 0 bridgehead atoms. The Kier molecular flexibility index (Phi) is 5.93. The lowest BCUT2D eigenvalue weighted by Crippen LogP contribution is -2.50. The lowest BCUT2D eigenvalue weighted by molar-refractivity contribution is -0.144. The van der Waals surface area contributed by atoms with Crippen LogP contribution in [0.2, 0.25) is 0 Å². The van der Waals surface area contributed by atoms with Crippen molar-refractivity contribution in [1.82, 2.24) is 9.80 Å². The number of rotatable bonds is 5. The molecule has 1 N–H and O–H groups in total. The van der Waals surface area contributed by atoms with Gasteiger partial charge < -0.3 is 14.9 Å². The van der Waals surface area contributed by atoms with Crippen LogP contribution in [-0.2, 0) is 4.79 Å². The van der Waals surface area contributed by atoms with Gasteiger partial charge in [-0.3, -0.25) is 0 Å². The van der Waals surface area contributed by atoms with Crippen LogP contribution in [0.1, 0.15) is 20.3 Å². The maximum Gasteiger partial charge on any atom is 0.406 e. The molecule has 0 saturated carbocycles. The summed E-state index contributed by atoms with van der Waals surface area (Å²) in [5.41, 5.74) is 0. The maximum atomic E-state index is 12.2. The minimum atomic E-state index is -4.50. The third-order valence-corrected chi connectivity index (χ3v) is 2.46. The van der Waals surface area contributed by atoms with E-state index in [1.807, 2.05) is 0 Å². The van der Waals surface area contributed by atoms with E-state index < -0.39 is 30.8 Å². The predicted molar refractivity (Wildman–Crippen MR) is 58.2 cm³/mol. The molecule has 0 aliphatic heterocycles. The standard InChI is InChI=1S/C10H17F3N2O3/c1-4-7(8(16)17)14(3)9(18)15(5-2)6-10(11,12)13/h7H,4-6H2,1-3H3,(H,16,17). The van der Waals surface area contributed by atoms with Gasteiger partial charge in [-0.1, -0.05) is 6.92 Å². The number of carbonyl (C=O) groups excluding carboxylic acids is 1. The summed E-state index contributed by atoms with van der Waals surface area (Å²) in [5, 5.41) is 8.84. The normalized spacial score (nSPS) is 13.0. The van der Waals surface area contributed by atoms with Crippen LogP contribution in [0.15, 0.2) is 0 Å². The molecule has 0 saturated heterocycles. The summed E-state index contributed by atoms with van der Waals surface area (Å²) in [6.07, 6.45) is -4.38. The Hall–Kier alpha value is -1.47. The molecule has 0 radical (unpaired) electrons. The molecule has 1 atom stereocenters. The number of hydrogen-bond acceptors (Lipinski definition) is 2. The Labute approximate surface area is 103 Å². The van der Waals surface area contributed by atoms with Gasteiger partial charge in [0.1, 0.15) is 12.6 Å². The van der Waals surface area contributed by atoms with Crippen molar-refractivity contribution in [3.63, 3.8) is 0 Å². The van der Waals surface area contributed by atoms with Gasteiger partial charge in [-0.15, -0.1) is 0 Å². The Morgan fingerprint density at radius 2 is 1.78 bits per heavy atom. The molecule has 106 valence electrons. The van der Waals surface area contributed by atoms with Gasteiger partial charge >= 0.3 is 18.2 Å². The van der Waals surface area contributed by atoms with Crippen molar-refractivity contribution >= 4 is 12.0 Å². The lowest BCUT2D eigenvalue weighted by atomic mass is 10.2. The fourth-order valence-electron chi connectivity index (χ4n) is 1.50. The molecule has 0 spiro atoms. The zero-order valence-electron chi connectivity index (χ0n) is 10.5. The van der Waals surface area contributed by atoms with Crippen LogP contribution in [-0.4, -0.2) is 59.3 Å². The van der Waals surface area contributed by atoms with E-state index >= 15 is 0 Å². The molecule has 0 aromatic carbocycles. The van der Waals surface area contributed by atoms with Gasteiger partial charge in [0, 0.05) is 13.6 Å². The van der Waals surface area contributed by atoms with E-state index in [1.165, 1.54) is 14.0 Å². The van der Waals surface area contributed by atoms with E-state index in [0.29, 0.717) is 4.90 Å². The number of likely N-dealkylation sites (N-methyl/N-ethyl adjacent to an activating group) is 1. The van der Waals surface area contributed by atoms with Crippen LogP contribution in [0, 0.1) is 0 Å². The average Bonchev–Trinajstić information content (AvgIpc) is 2.23. The second-order valence-electron chi connectivity index (χ2n) is 3.79. The Morgan fingerprint density at radius 1 is 1.28 bits per heavy atom. The molecular weight excluding hydrogens is 253 g/mol. The zero-order chi connectivity index (χ0) is 14.5. The average molecular weight is 270 g/mol. The molecular formula is C10H17F3N2O3. The first-order valence-corrected chi connectivity index (χ1v) is 5.45. The molecule has 8 heteroatoms. The maximum absolute atomic E-state index is 12.2. The molecule has 0 rings (SSSR count). The summed E-state index contributed by atoms with van der Waals surface area (Å²) >= 11 is 0. The van der Waals surface area contributed by atoms with E-state index in [4.69, 9.17) is 5.11 Å². The van der Waals surface area contributed by atoms with Crippen LogP contribution in [0.4, 0.5) is 18.0 Å². The van der Waals surface area contributed by atoms with E-state index in [2.05, 4.69) is 0 Å². The number of aliphatic carboxylic acids is 1. The van der Waals surface area contributed by atoms with Gasteiger partial charge in [0.15, 0.2) is 0 Å². The van der Waals surface area contributed by atoms with Gasteiger partial charge in [0.25, 0.3) is 0 Å². The van der Waals surface area contributed by atoms with Gasteiger partial charge in [0.2, 0.25) is 0 Å². The van der Waals surface area contributed by atoms with Gasteiger partial charge in [-0.2, -0.15) is 13.2 Å². The summed E-state index contributed by atoms with van der Waals surface area (Å²) in [4.78, 5) is 24.0. The topological polar surface area (TPSA) is 60.9 Å². The SMILES string of the molecule is CCC(C(=O)O)N(C)C(=O)N(CC)CC(F)(F)F. The minimum Gasteiger partial charge on any atom is -0.480 e. The number of hydrogen-bond donors (Lipinski definition) is 1. The third kappa shape index (κ3) is 4.80. The zero-order valence-corrected chi connectivity index (χ0v) is 10.5. The number of carboxylic acid groups (broad SMARTS) is 1. The first-order valence-electron chi connectivity index (χ1n) is 5.45. The van der Waals surface area contributed by atoms with Crippen molar-refractivity contribution < 1.29 is 27.9 Å². The molecule has 1 unspecified atom stereocenters. The lowest BCUT2D eigenvalue weighted by Gasteiger charge is -2.31. The molecule has 0 aliphatic rings. The number of carboxylic acids is 1. The number of carbonyl (C=O) groups is 2. The molecule has 5 nitrogen and oxygen atoms in total. The fraction of sp³-hybridized carbons (Fsp3) is 0.800. The summed E-state index contributed by atoms with van der Waals surface area (Å²) in [6, 6.07) is -2.07. The monoisotopic (exact) mass is 270 g/mol. The number of alkyl halides is 3. The van der Waals surface area contributed by atoms with Crippen LogP contribution in [0.3, 0.4) is 0 Å². The van der Waals surface area contributed by atoms with E-state index in [-0.39, 0.29) is 13.0 Å². The fourth-order valence-corrected chi connectivity index (χ4v) is 1.50. The minimum absolute atomic E-state index is 0.126. The quantitative estimate of drug-likeness (QED) is 0.828. The van der Waals surface area contributed by atoms with Crippen molar-refractivity contribution in [2.24, 2.45) is 0 Å². The second kappa shape index (κ2) is 6.46. The predicted octanol–water partition coefficient (Wildman–Crippen LogP) is 1.79. The van der Waals surface area contributed by atoms with E-state index in [1.54, 1.807) is 6.92 Å². The van der Waals surface area contributed by atoms with Crippen molar-refractivity contribution in [3.05, 3.63) is 0 Å². The number of urea groups is 1. The number of halogens is 3. The molecule has 0 heterocycles. The molecule has 0 fully saturated rings. The van der Waals surface area contributed by atoms with E-state index in [9.17, 15) is 22.8 Å². The highest BCUT2D eigenvalue weighted by atomic mass is 19.4. The van der Waals surface area contributed by atoms with Crippen LogP contribution >= 0.6 is 0 Å². The smallest absolute Gasteiger partial charge is 0.406 e. The third-order valence-electron chi connectivity index (χ3n) is 2.46. The number of amides is 2. The number of nitrogens with zero attached hydrogens (tertiary/aromatic N) is 2. The Bertz CT molecular complexity index is 307. The van der Waals surface area contributed by atoms with Gasteiger partial charge in [0.05, 0.1) is 0 Å². The van der Waals surface area contributed by atoms with Crippen LogP contribution < -0.4 is 0 Å². The van der Waals surface area contributed by atoms with Crippen LogP contribution in [0.25, 0.3) is 0 Å². The van der Waals surface area contributed by atoms with Crippen molar-refractivity contribution in [2.45, 2.75) is 32.5 Å². The summed E-state index contributed by atoms with van der Waals surface area (Å²) < 4.78 is 36.7. The highest BCUT2D eigenvalue weighted by Crippen LogP contribution is 2.18. The largest absolute Gasteiger partial charge is 0.480 e. The first-order chi connectivity index (χ1) is 8.14. The molecule has 0 aromatic heterocycles. The van der Waals surface area contributed by atoms with E-state index in [0.717, 1.165) is 4.90 Å². The first kappa shape index (κ1) is 16.5. The molecule has 18 heavy (non-hydrogen) atoms. The summed E-state index contributed by atoms with van der Waals surface area (Å²) in [6.45, 7) is 1.42. The molecule has 2 amide bonds. The summed E-state index contributed by atoms with van der Waals surface area (Å²) in [7, 11) is 1.18. The van der Waals surface area contributed by atoms with Crippen molar-refractivity contribution in [3.8, 4) is 0 Å². The Morgan fingerprint density at radius 3 is 2.06 bits per heavy atom. The highest BCUT2D eigenvalue weighted by Gasteiger charge is 2.35. The summed E-state index contributed by atoms with van der Waals surface area (Å²) in [5.74, 6) is -1.24. The highest BCUT2D eigenvalue weighted by molar-refractivity contribution is 5.82. The van der Waals surface area contributed by atoms with Crippen molar-refractivity contribution in [2.75, 3.05) is 20.1 Å². The van der Waals surface area contributed by atoms with Gasteiger partial charge in [-0.25, -0.2) is 9.59 Å². The molecule has 0 aliphatic carbocycles. The van der Waals surface area contributed by atoms with Crippen molar-refractivity contribution in [1.29, 1.82) is 0 Å². The second-order valence-corrected chi connectivity index (χ2v) is 3.79. The molecule has 0 aromatic rings. The van der Waals surface area contributed by atoms with Crippen LogP contribution in [0.5, 0.6) is 0 Å².